The lowest BCUT2D eigenvalue weighted by Crippen LogP contribution is -2.44. The molecule has 0 saturated heterocycles. The Hall–Kier alpha value is -2.17. The topological polar surface area (TPSA) is 70.6 Å². The van der Waals surface area contributed by atoms with Crippen LogP contribution in [-0.2, 0) is 22.4 Å². The van der Waals surface area contributed by atoms with Crippen molar-refractivity contribution in [1.82, 2.24) is 10.7 Å². The fourth-order valence-corrected chi connectivity index (χ4v) is 2.73. The van der Waals surface area contributed by atoms with E-state index in [0.717, 1.165) is 19.3 Å². The zero-order valence-electron chi connectivity index (χ0n) is 11.2. The van der Waals surface area contributed by atoms with Crippen LogP contribution in [0.5, 0.6) is 0 Å². The van der Waals surface area contributed by atoms with Gasteiger partial charge in [-0.2, -0.15) is 5.10 Å². The number of fused-ring (bicyclic) bond motifs is 1. The van der Waals surface area contributed by atoms with Gasteiger partial charge in [-0.1, -0.05) is 24.3 Å². The Balaban J connectivity index is 1.62. The van der Waals surface area contributed by atoms with E-state index in [4.69, 9.17) is 0 Å². The molecule has 1 aliphatic carbocycles. The van der Waals surface area contributed by atoms with Crippen LogP contribution in [0, 0.1) is 0 Å². The number of carbonyl (C=O) groups excluding carboxylic acids is 2. The second-order valence-corrected chi connectivity index (χ2v) is 5.28. The van der Waals surface area contributed by atoms with Gasteiger partial charge in [0.25, 0.3) is 5.91 Å². The number of nitrogens with one attached hydrogen (secondary N) is 2. The first kappa shape index (κ1) is 12.8. The standard InChI is InChI=1S/C15H17N3O2/c19-14-8-7-13(17-18-14)15(20)16-12-6-5-10-3-1-2-4-11(10)9-12/h1-4,12H,5-9H2,(H,16,20)(H,18,19). The van der Waals surface area contributed by atoms with Crippen LogP contribution in [0.4, 0.5) is 0 Å². The highest BCUT2D eigenvalue weighted by atomic mass is 16.2. The summed E-state index contributed by atoms with van der Waals surface area (Å²) in [6.45, 7) is 0. The lowest BCUT2D eigenvalue weighted by molar-refractivity contribution is -0.121. The minimum atomic E-state index is -0.158. The SMILES string of the molecule is O=C1CCC(C(=O)NC2CCc3ccccc3C2)=NN1. The molecule has 3 rings (SSSR count). The molecule has 1 unspecified atom stereocenters. The van der Waals surface area contributed by atoms with E-state index in [2.05, 4.69) is 34.0 Å². The number of nitrogens with zero attached hydrogens (tertiary/aromatic N) is 1. The van der Waals surface area contributed by atoms with Crippen LogP contribution in [0.3, 0.4) is 0 Å². The van der Waals surface area contributed by atoms with Gasteiger partial charge in [0.1, 0.15) is 5.71 Å². The average molecular weight is 271 g/mol. The first-order valence-electron chi connectivity index (χ1n) is 6.95. The summed E-state index contributed by atoms with van der Waals surface area (Å²) in [4.78, 5) is 23.1. The van der Waals surface area contributed by atoms with Gasteiger partial charge in [0.15, 0.2) is 0 Å². The maximum absolute atomic E-state index is 12.1. The molecule has 5 heteroatoms. The maximum atomic E-state index is 12.1. The molecule has 0 spiro atoms. The van der Waals surface area contributed by atoms with Crippen LogP contribution in [0.2, 0.25) is 0 Å². The summed E-state index contributed by atoms with van der Waals surface area (Å²) in [5.74, 6) is -0.289. The quantitative estimate of drug-likeness (QED) is 0.840. The average Bonchev–Trinajstić information content (AvgIpc) is 2.48. The number of hydrogen-bond donors (Lipinski definition) is 2. The van der Waals surface area contributed by atoms with E-state index in [9.17, 15) is 9.59 Å². The van der Waals surface area contributed by atoms with Gasteiger partial charge >= 0.3 is 0 Å². The third kappa shape index (κ3) is 2.71. The molecular formula is C15H17N3O2. The molecule has 1 heterocycles. The molecule has 1 aromatic rings. The molecule has 2 N–H and O–H groups in total. The predicted octanol–water partition coefficient (Wildman–Crippen LogP) is 0.926. The van der Waals surface area contributed by atoms with Gasteiger partial charge in [0.05, 0.1) is 0 Å². The number of aryl methyl sites for hydroxylation is 1. The highest BCUT2D eigenvalue weighted by Crippen LogP contribution is 2.21. The Morgan fingerprint density at radius 3 is 2.75 bits per heavy atom. The summed E-state index contributed by atoms with van der Waals surface area (Å²) in [6, 6.07) is 8.50. The van der Waals surface area contributed by atoms with E-state index < -0.39 is 0 Å². The molecule has 104 valence electrons. The van der Waals surface area contributed by atoms with Crippen LogP contribution in [0.15, 0.2) is 29.4 Å². The third-order valence-electron chi connectivity index (χ3n) is 3.85. The molecule has 1 atom stereocenters. The van der Waals surface area contributed by atoms with Gasteiger partial charge in [-0.05, 0) is 30.4 Å². The first-order chi connectivity index (χ1) is 9.72. The van der Waals surface area contributed by atoms with Crippen molar-refractivity contribution in [2.24, 2.45) is 5.10 Å². The molecule has 20 heavy (non-hydrogen) atoms. The fraction of sp³-hybridized carbons (Fsp3) is 0.400. The minimum Gasteiger partial charge on any atom is -0.348 e. The lowest BCUT2D eigenvalue weighted by Gasteiger charge is -2.26. The number of hydrogen-bond acceptors (Lipinski definition) is 3. The van der Waals surface area contributed by atoms with Crippen molar-refractivity contribution < 1.29 is 9.59 Å². The normalized spacial score (nSPS) is 21.5. The molecule has 0 bridgehead atoms. The molecule has 0 saturated carbocycles. The summed E-state index contributed by atoms with van der Waals surface area (Å²) < 4.78 is 0. The van der Waals surface area contributed by atoms with Gasteiger partial charge in [-0.3, -0.25) is 9.59 Å². The zero-order chi connectivity index (χ0) is 13.9. The van der Waals surface area contributed by atoms with Gasteiger partial charge in [-0.15, -0.1) is 0 Å². The third-order valence-corrected chi connectivity index (χ3v) is 3.85. The molecule has 5 nitrogen and oxygen atoms in total. The Morgan fingerprint density at radius 1 is 1.20 bits per heavy atom. The van der Waals surface area contributed by atoms with Crippen LogP contribution < -0.4 is 10.7 Å². The number of rotatable bonds is 2. The van der Waals surface area contributed by atoms with Gasteiger partial charge in [-0.25, -0.2) is 5.43 Å². The highest BCUT2D eigenvalue weighted by molar-refractivity contribution is 6.39. The predicted molar refractivity (Wildman–Crippen MR) is 75.2 cm³/mol. The fourth-order valence-electron chi connectivity index (χ4n) is 2.73. The molecule has 1 aliphatic heterocycles. The smallest absolute Gasteiger partial charge is 0.267 e. The molecule has 1 aromatic carbocycles. The molecule has 2 aliphatic rings. The van der Waals surface area contributed by atoms with Crippen LogP contribution >= 0.6 is 0 Å². The number of carbonyl (C=O) groups is 2. The van der Waals surface area contributed by atoms with Crippen molar-refractivity contribution in [3.63, 3.8) is 0 Å². The van der Waals surface area contributed by atoms with Crippen molar-refractivity contribution in [3.8, 4) is 0 Å². The number of hydrazone groups is 1. The summed E-state index contributed by atoms with van der Waals surface area (Å²) in [5.41, 5.74) is 5.46. The Bertz CT molecular complexity index is 580. The Kier molecular flexibility index (Phi) is 3.50. The summed E-state index contributed by atoms with van der Waals surface area (Å²) >= 11 is 0. The Labute approximate surface area is 117 Å². The second-order valence-electron chi connectivity index (χ2n) is 5.28. The van der Waals surface area contributed by atoms with Crippen LogP contribution in [0.25, 0.3) is 0 Å². The largest absolute Gasteiger partial charge is 0.348 e. The van der Waals surface area contributed by atoms with E-state index in [-0.39, 0.29) is 17.9 Å². The summed E-state index contributed by atoms with van der Waals surface area (Å²) in [5, 5.41) is 6.85. The van der Waals surface area contributed by atoms with Crippen LogP contribution in [0.1, 0.15) is 30.4 Å². The number of benzene rings is 1. The van der Waals surface area contributed by atoms with E-state index >= 15 is 0 Å². The van der Waals surface area contributed by atoms with Gasteiger partial charge in [0, 0.05) is 18.9 Å². The monoisotopic (exact) mass is 271 g/mol. The van der Waals surface area contributed by atoms with Gasteiger partial charge < -0.3 is 5.32 Å². The summed E-state index contributed by atoms with van der Waals surface area (Å²) in [6.07, 6.45) is 3.55. The van der Waals surface area contributed by atoms with E-state index in [0.29, 0.717) is 18.6 Å². The van der Waals surface area contributed by atoms with Crippen molar-refractivity contribution in [2.45, 2.75) is 38.1 Å². The van der Waals surface area contributed by atoms with Crippen molar-refractivity contribution in [1.29, 1.82) is 0 Å². The lowest BCUT2D eigenvalue weighted by atomic mass is 9.88. The number of amides is 2. The molecule has 0 aromatic heterocycles. The molecular weight excluding hydrogens is 254 g/mol. The van der Waals surface area contributed by atoms with Crippen molar-refractivity contribution in [2.75, 3.05) is 0 Å². The van der Waals surface area contributed by atoms with Crippen LogP contribution in [-0.4, -0.2) is 23.6 Å². The second kappa shape index (κ2) is 5.45. The highest BCUT2D eigenvalue weighted by Gasteiger charge is 2.23. The van der Waals surface area contributed by atoms with Gasteiger partial charge in [0.2, 0.25) is 5.91 Å². The van der Waals surface area contributed by atoms with Crippen molar-refractivity contribution in [3.05, 3.63) is 35.4 Å². The first-order valence-corrected chi connectivity index (χ1v) is 6.95. The van der Waals surface area contributed by atoms with Crippen molar-refractivity contribution >= 4 is 17.5 Å². The Morgan fingerprint density at radius 2 is 2.00 bits per heavy atom. The molecule has 2 amide bonds. The van der Waals surface area contributed by atoms with E-state index in [1.165, 1.54) is 11.1 Å². The molecule has 0 radical (unpaired) electrons. The van der Waals surface area contributed by atoms with E-state index in [1.807, 2.05) is 6.07 Å². The summed E-state index contributed by atoms with van der Waals surface area (Å²) in [7, 11) is 0. The zero-order valence-corrected chi connectivity index (χ0v) is 11.2. The molecule has 0 fully saturated rings. The maximum Gasteiger partial charge on any atom is 0.267 e. The van der Waals surface area contributed by atoms with E-state index in [1.54, 1.807) is 0 Å². The minimum absolute atomic E-state index is 0.131.